The van der Waals surface area contributed by atoms with Gasteiger partial charge >= 0.3 is 0 Å². The zero-order chi connectivity index (χ0) is 6.62. The Hall–Kier alpha value is -0.810. The summed E-state index contributed by atoms with van der Waals surface area (Å²) in [6.45, 7) is 4.89. The Morgan fingerprint density at radius 2 is 2.50 bits per heavy atom. The van der Waals surface area contributed by atoms with Gasteiger partial charge in [-0.1, -0.05) is 6.08 Å². The lowest BCUT2D eigenvalue weighted by Crippen LogP contribution is -2.18. The Bertz CT molecular complexity index is 121. The lowest BCUT2D eigenvalue weighted by molar-refractivity contribution is 0.117. The quantitative estimate of drug-likeness (QED) is 0.536. The first-order valence-corrected chi connectivity index (χ1v) is 2.35. The minimum atomic E-state index is -1.01. The molecule has 44 valence electrons. The van der Waals surface area contributed by atoms with Crippen LogP contribution in [0.1, 0.15) is 13.3 Å². The molecule has 0 aliphatic heterocycles. The Morgan fingerprint density at radius 1 is 2.00 bits per heavy atom. The third-order valence-electron chi connectivity index (χ3n) is 0.877. The molecule has 0 spiro atoms. The fraction of sp³-hybridized carbons (Fsp3) is 0.500. The van der Waals surface area contributed by atoms with Crippen molar-refractivity contribution in [1.29, 1.82) is 5.26 Å². The molecule has 8 heavy (non-hydrogen) atoms. The Labute approximate surface area is 49.1 Å². The molecule has 1 N–H and O–H groups in total. The fourth-order valence-corrected chi connectivity index (χ4v) is 0.232. The van der Waals surface area contributed by atoms with Crippen LogP contribution < -0.4 is 0 Å². The molecule has 0 fully saturated rings. The smallest absolute Gasteiger partial charge is 0.0926 e. The number of nitrogens with zero attached hydrogens (tertiary/aromatic N) is 1. The molecule has 0 bridgehead atoms. The van der Waals surface area contributed by atoms with Crippen molar-refractivity contribution in [1.82, 2.24) is 0 Å². The van der Waals surface area contributed by atoms with E-state index in [9.17, 15) is 0 Å². The third-order valence-corrected chi connectivity index (χ3v) is 0.877. The Morgan fingerprint density at radius 3 is 2.62 bits per heavy atom. The van der Waals surface area contributed by atoms with Gasteiger partial charge < -0.3 is 5.11 Å². The van der Waals surface area contributed by atoms with Crippen LogP contribution in [0.2, 0.25) is 0 Å². The van der Waals surface area contributed by atoms with Crippen LogP contribution >= 0.6 is 0 Å². The van der Waals surface area contributed by atoms with E-state index in [1.807, 2.05) is 6.07 Å². The van der Waals surface area contributed by atoms with Crippen LogP contribution in [0.25, 0.3) is 0 Å². The minimum Gasteiger partial charge on any atom is -0.385 e. The van der Waals surface area contributed by atoms with Gasteiger partial charge in [-0.25, -0.2) is 0 Å². The topological polar surface area (TPSA) is 44.0 Å². The molecular weight excluding hydrogens is 102 g/mol. The highest BCUT2D eigenvalue weighted by Crippen LogP contribution is 2.07. The molecule has 0 saturated heterocycles. The van der Waals surface area contributed by atoms with Crippen molar-refractivity contribution in [3.8, 4) is 6.07 Å². The fourth-order valence-electron chi connectivity index (χ4n) is 0.232. The second-order valence-electron chi connectivity index (χ2n) is 1.90. The van der Waals surface area contributed by atoms with Gasteiger partial charge in [0.25, 0.3) is 0 Å². The van der Waals surface area contributed by atoms with Gasteiger partial charge in [-0.2, -0.15) is 5.26 Å². The molecule has 0 amide bonds. The Kier molecular flexibility index (Phi) is 2.23. The maximum absolute atomic E-state index is 8.98. The molecule has 0 aliphatic rings. The highest BCUT2D eigenvalue weighted by Gasteiger charge is 2.12. The van der Waals surface area contributed by atoms with Crippen molar-refractivity contribution in [2.24, 2.45) is 0 Å². The molecule has 0 aromatic rings. The number of rotatable bonds is 2. The number of aliphatic hydroxyl groups is 1. The summed E-state index contributed by atoms with van der Waals surface area (Å²) >= 11 is 0. The molecule has 0 unspecified atom stereocenters. The van der Waals surface area contributed by atoms with Gasteiger partial charge in [0.2, 0.25) is 0 Å². The van der Waals surface area contributed by atoms with E-state index >= 15 is 0 Å². The highest BCUT2D eigenvalue weighted by molar-refractivity contribution is 4.97. The van der Waals surface area contributed by atoms with Crippen molar-refractivity contribution in [3.05, 3.63) is 12.7 Å². The van der Waals surface area contributed by atoms with E-state index in [2.05, 4.69) is 6.58 Å². The molecule has 0 aliphatic carbocycles. The SMILES string of the molecule is C=C[C@@](C)(O)CC#N. The van der Waals surface area contributed by atoms with Crippen molar-refractivity contribution >= 4 is 0 Å². The van der Waals surface area contributed by atoms with Crippen LogP contribution in [0.3, 0.4) is 0 Å². The van der Waals surface area contributed by atoms with Crippen molar-refractivity contribution in [3.63, 3.8) is 0 Å². The third kappa shape index (κ3) is 2.38. The molecule has 2 heteroatoms. The van der Waals surface area contributed by atoms with Gasteiger partial charge in [0.1, 0.15) is 0 Å². The van der Waals surface area contributed by atoms with Gasteiger partial charge in [0.05, 0.1) is 18.1 Å². The number of hydrogen-bond donors (Lipinski definition) is 1. The second kappa shape index (κ2) is 2.49. The minimum absolute atomic E-state index is 0.108. The average Bonchev–Trinajstić information content (AvgIpc) is 1.67. The molecule has 0 aromatic carbocycles. The van der Waals surface area contributed by atoms with E-state index in [0.717, 1.165) is 0 Å². The summed E-state index contributed by atoms with van der Waals surface area (Å²) in [4.78, 5) is 0. The zero-order valence-electron chi connectivity index (χ0n) is 4.89. The summed E-state index contributed by atoms with van der Waals surface area (Å²) in [7, 11) is 0. The van der Waals surface area contributed by atoms with Crippen molar-refractivity contribution in [2.45, 2.75) is 18.9 Å². The molecule has 0 heterocycles. The first-order valence-electron chi connectivity index (χ1n) is 2.35. The lowest BCUT2D eigenvalue weighted by atomic mass is 10.0. The highest BCUT2D eigenvalue weighted by atomic mass is 16.3. The molecular formula is C6H9NO. The molecule has 0 radical (unpaired) electrons. The van der Waals surface area contributed by atoms with Crippen LogP contribution in [0.15, 0.2) is 12.7 Å². The molecule has 2 nitrogen and oxygen atoms in total. The summed E-state index contributed by atoms with van der Waals surface area (Å²) in [5.41, 5.74) is -1.01. The molecule has 0 rings (SSSR count). The number of hydrogen-bond acceptors (Lipinski definition) is 2. The zero-order valence-corrected chi connectivity index (χ0v) is 4.89. The van der Waals surface area contributed by atoms with Crippen LogP contribution in [-0.2, 0) is 0 Å². The number of nitriles is 1. The summed E-state index contributed by atoms with van der Waals surface area (Å²) in [6, 6.07) is 1.84. The first kappa shape index (κ1) is 7.19. The summed E-state index contributed by atoms with van der Waals surface area (Å²) in [6.07, 6.45) is 1.46. The molecule has 1 atom stereocenters. The summed E-state index contributed by atoms with van der Waals surface area (Å²) in [5, 5.41) is 17.1. The van der Waals surface area contributed by atoms with Crippen LogP contribution in [0, 0.1) is 11.3 Å². The Balaban J connectivity index is 3.76. The van der Waals surface area contributed by atoms with Crippen LogP contribution in [-0.4, -0.2) is 10.7 Å². The predicted molar refractivity (Wildman–Crippen MR) is 31.1 cm³/mol. The van der Waals surface area contributed by atoms with E-state index in [1.54, 1.807) is 6.92 Å². The van der Waals surface area contributed by atoms with Crippen LogP contribution in [0.4, 0.5) is 0 Å². The first-order chi connectivity index (χ1) is 3.62. The van der Waals surface area contributed by atoms with Gasteiger partial charge in [0, 0.05) is 0 Å². The maximum Gasteiger partial charge on any atom is 0.0926 e. The standard InChI is InChI=1S/C6H9NO/c1-3-6(2,8)4-5-7/h3,8H,1,4H2,2H3/t6-/m1/s1. The largest absolute Gasteiger partial charge is 0.385 e. The molecule has 0 saturated carbocycles. The van der Waals surface area contributed by atoms with E-state index in [1.165, 1.54) is 6.08 Å². The normalized spacial score (nSPS) is 16.1. The molecule has 0 aromatic heterocycles. The second-order valence-corrected chi connectivity index (χ2v) is 1.90. The van der Waals surface area contributed by atoms with Crippen LogP contribution in [0.5, 0.6) is 0 Å². The van der Waals surface area contributed by atoms with Crippen molar-refractivity contribution < 1.29 is 5.11 Å². The van der Waals surface area contributed by atoms with Gasteiger partial charge in [0.15, 0.2) is 0 Å². The van der Waals surface area contributed by atoms with Crippen molar-refractivity contribution in [2.75, 3.05) is 0 Å². The van der Waals surface area contributed by atoms with E-state index in [0.29, 0.717) is 0 Å². The van der Waals surface area contributed by atoms with E-state index < -0.39 is 5.60 Å². The predicted octanol–water partition coefficient (Wildman–Crippen LogP) is 0.837. The summed E-state index contributed by atoms with van der Waals surface area (Å²) in [5.74, 6) is 0. The monoisotopic (exact) mass is 111 g/mol. The lowest BCUT2D eigenvalue weighted by Gasteiger charge is -2.11. The van der Waals surface area contributed by atoms with Gasteiger partial charge in [-0.3, -0.25) is 0 Å². The van der Waals surface area contributed by atoms with E-state index in [4.69, 9.17) is 10.4 Å². The average molecular weight is 111 g/mol. The van der Waals surface area contributed by atoms with E-state index in [-0.39, 0.29) is 6.42 Å². The van der Waals surface area contributed by atoms with Gasteiger partial charge in [-0.15, -0.1) is 6.58 Å². The summed E-state index contributed by atoms with van der Waals surface area (Å²) < 4.78 is 0. The maximum atomic E-state index is 8.98. The van der Waals surface area contributed by atoms with Gasteiger partial charge in [-0.05, 0) is 6.92 Å².